The molecule has 1 aromatic heterocycles. The monoisotopic (exact) mass is 324 g/mol. The van der Waals surface area contributed by atoms with Crippen LogP contribution < -0.4 is 11.2 Å². The van der Waals surface area contributed by atoms with Crippen molar-refractivity contribution >= 4 is 35.4 Å². The van der Waals surface area contributed by atoms with Crippen molar-refractivity contribution < 1.29 is 4.79 Å². The Morgan fingerprint density at radius 3 is 2.76 bits per heavy atom. The highest BCUT2D eigenvalue weighted by Crippen LogP contribution is 2.31. The summed E-state index contributed by atoms with van der Waals surface area (Å²) in [6.45, 7) is 3.87. The summed E-state index contributed by atoms with van der Waals surface area (Å²) in [5.41, 5.74) is 10.6. The van der Waals surface area contributed by atoms with Gasteiger partial charge in [0.25, 0.3) is 0 Å². The van der Waals surface area contributed by atoms with Gasteiger partial charge in [0.1, 0.15) is 0 Å². The largest absolute Gasteiger partial charge is 0.350 e. The predicted molar refractivity (Wildman–Crippen MR) is 85.6 cm³/mol. The minimum absolute atomic E-state index is 0.486. The van der Waals surface area contributed by atoms with Crippen molar-refractivity contribution in [3.63, 3.8) is 0 Å². The third kappa shape index (κ3) is 3.20. The summed E-state index contributed by atoms with van der Waals surface area (Å²) in [5.74, 6) is 0. The van der Waals surface area contributed by atoms with E-state index in [4.69, 9.17) is 28.9 Å². The number of nitrogens with two attached hydrogens (primary N) is 1. The van der Waals surface area contributed by atoms with Crippen LogP contribution in [0.2, 0.25) is 10.0 Å². The molecule has 21 heavy (non-hydrogen) atoms. The number of benzene rings is 1. The molecule has 0 saturated carbocycles. The first kappa shape index (κ1) is 15.4. The first-order valence-electron chi connectivity index (χ1n) is 6.13. The molecule has 0 aliphatic heterocycles. The molecule has 1 aromatic carbocycles. The number of nitrogens with zero attached hydrogens (tertiary/aromatic N) is 2. The van der Waals surface area contributed by atoms with Gasteiger partial charge in [-0.1, -0.05) is 29.3 Å². The minimum atomic E-state index is -0.710. The van der Waals surface area contributed by atoms with Crippen LogP contribution in [0.15, 0.2) is 29.4 Å². The highest BCUT2D eigenvalue weighted by atomic mass is 35.5. The van der Waals surface area contributed by atoms with Gasteiger partial charge in [-0.3, -0.25) is 0 Å². The van der Waals surface area contributed by atoms with Crippen molar-refractivity contribution in [2.75, 3.05) is 0 Å². The molecule has 2 amide bonds. The molecular weight excluding hydrogens is 311 g/mol. The molecule has 3 N–H and O–H groups in total. The van der Waals surface area contributed by atoms with E-state index in [2.05, 4.69) is 10.5 Å². The molecule has 0 unspecified atom stereocenters. The average molecular weight is 325 g/mol. The van der Waals surface area contributed by atoms with Crippen LogP contribution in [-0.2, 0) is 0 Å². The number of nitrogens with one attached hydrogen (secondary N) is 1. The van der Waals surface area contributed by atoms with Gasteiger partial charge in [0.15, 0.2) is 0 Å². The van der Waals surface area contributed by atoms with Gasteiger partial charge in [-0.05, 0) is 32.0 Å². The van der Waals surface area contributed by atoms with Crippen LogP contribution >= 0.6 is 23.2 Å². The second-order valence-corrected chi connectivity index (χ2v) is 5.25. The summed E-state index contributed by atoms with van der Waals surface area (Å²) in [5, 5.41) is 4.75. The van der Waals surface area contributed by atoms with Crippen LogP contribution in [0, 0.1) is 13.8 Å². The van der Waals surface area contributed by atoms with Gasteiger partial charge in [0, 0.05) is 17.0 Å². The van der Waals surface area contributed by atoms with E-state index in [1.165, 1.54) is 6.21 Å². The Kier molecular flexibility index (Phi) is 4.55. The van der Waals surface area contributed by atoms with E-state index < -0.39 is 6.03 Å². The van der Waals surface area contributed by atoms with Crippen molar-refractivity contribution in [3.8, 4) is 5.69 Å². The van der Waals surface area contributed by atoms with Crippen LogP contribution in [0.1, 0.15) is 17.0 Å². The second-order valence-electron chi connectivity index (χ2n) is 4.47. The molecule has 110 valence electrons. The van der Waals surface area contributed by atoms with Crippen LogP contribution in [0.5, 0.6) is 0 Å². The Hall–Kier alpha value is -1.98. The van der Waals surface area contributed by atoms with Gasteiger partial charge >= 0.3 is 6.03 Å². The molecule has 0 saturated heterocycles. The van der Waals surface area contributed by atoms with Crippen LogP contribution in [0.4, 0.5) is 4.79 Å². The van der Waals surface area contributed by atoms with Crippen molar-refractivity contribution in [2.45, 2.75) is 13.8 Å². The highest BCUT2D eigenvalue weighted by Gasteiger charge is 2.13. The second kappa shape index (κ2) is 6.20. The van der Waals surface area contributed by atoms with E-state index >= 15 is 0 Å². The summed E-state index contributed by atoms with van der Waals surface area (Å²) in [6, 6.07) is 6.68. The van der Waals surface area contributed by atoms with Crippen molar-refractivity contribution in [1.29, 1.82) is 0 Å². The Balaban J connectivity index is 2.47. The number of hydrogen-bond donors (Lipinski definition) is 2. The molecule has 0 spiro atoms. The maximum absolute atomic E-state index is 10.6. The fraction of sp³-hybridized carbons (Fsp3) is 0.143. The standard InChI is InChI=1S/C14H14Cl2N4O/c1-8-6-10(7-18-19-14(17)21)9(2)20(8)12-5-3-4-11(15)13(12)16/h3-7H,1-2H3,(H3,17,19,21). The number of aromatic nitrogens is 1. The molecule has 0 aliphatic rings. The van der Waals surface area contributed by atoms with E-state index in [-0.39, 0.29) is 0 Å². The SMILES string of the molecule is Cc1cc(C=NNC(N)=O)c(C)n1-c1cccc(Cl)c1Cl. The molecule has 0 fully saturated rings. The van der Waals surface area contributed by atoms with Crippen molar-refractivity contribution in [3.05, 3.63) is 51.3 Å². The zero-order valence-electron chi connectivity index (χ0n) is 11.5. The van der Waals surface area contributed by atoms with Crippen LogP contribution in [0.25, 0.3) is 5.69 Å². The Morgan fingerprint density at radius 2 is 2.10 bits per heavy atom. The molecule has 2 rings (SSSR count). The zero-order chi connectivity index (χ0) is 15.6. The number of carbonyl (C=O) groups excluding carboxylic acids is 1. The highest BCUT2D eigenvalue weighted by molar-refractivity contribution is 6.43. The number of carbonyl (C=O) groups is 1. The summed E-state index contributed by atoms with van der Waals surface area (Å²) < 4.78 is 1.97. The summed E-state index contributed by atoms with van der Waals surface area (Å²) in [7, 11) is 0. The number of halogens is 2. The molecule has 0 aliphatic carbocycles. The molecule has 7 heteroatoms. The lowest BCUT2D eigenvalue weighted by molar-refractivity contribution is 0.249. The number of aryl methyl sites for hydroxylation is 1. The maximum Gasteiger partial charge on any atom is 0.332 e. The van der Waals surface area contributed by atoms with Crippen LogP contribution in [0.3, 0.4) is 0 Å². The van der Waals surface area contributed by atoms with Crippen molar-refractivity contribution in [2.24, 2.45) is 10.8 Å². The maximum atomic E-state index is 10.6. The molecule has 5 nitrogen and oxygen atoms in total. The van der Waals surface area contributed by atoms with Gasteiger partial charge < -0.3 is 10.3 Å². The van der Waals surface area contributed by atoms with Gasteiger partial charge in [0.2, 0.25) is 0 Å². The Bertz CT molecular complexity index is 722. The normalized spacial score (nSPS) is 11.0. The molecule has 2 aromatic rings. The number of rotatable bonds is 3. The summed E-state index contributed by atoms with van der Waals surface area (Å²) in [4.78, 5) is 10.6. The van der Waals surface area contributed by atoms with Gasteiger partial charge in [-0.2, -0.15) is 5.10 Å². The summed E-state index contributed by atoms with van der Waals surface area (Å²) in [6.07, 6.45) is 1.53. The molecule has 1 heterocycles. The first-order chi connectivity index (χ1) is 9.91. The quantitative estimate of drug-likeness (QED) is 0.659. The number of hydrazone groups is 1. The fourth-order valence-corrected chi connectivity index (χ4v) is 2.50. The third-order valence-electron chi connectivity index (χ3n) is 3.02. The lowest BCUT2D eigenvalue weighted by Gasteiger charge is -2.12. The van der Waals surface area contributed by atoms with Gasteiger partial charge in [-0.15, -0.1) is 0 Å². The van der Waals surface area contributed by atoms with Gasteiger partial charge in [0.05, 0.1) is 21.9 Å². The predicted octanol–water partition coefficient (Wildman–Crippen LogP) is 3.40. The number of amides is 2. The van der Waals surface area contributed by atoms with Crippen LogP contribution in [-0.4, -0.2) is 16.8 Å². The first-order valence-corrected chi connectivity index (χ1v) is 6.89. The third-order valence-corrected chi connectivity index (χ3v) is 3.83. The molecule has 0 radical (unpaired) electrons. The van der Waals surface area contributed by atoms with Crippen molar-refractivity contribution in [1.82, 2.24) is 9.99 Å². The fourth-order valence-electron chi connectivity index (χ4n) is 2.12. The molecule has 0 atom stereocenters. The van der Waals surface area contributed by atoms with E-state index in [1.807, 2.05) is 36.6 Å². The molecular formula is C14H14Cl2N4O. The topological polar surface area (TPSA) is 72.4 Å². The van der Waals surface area contributed by atoms with E-state index in [0.29, 0.717) is 10.0 Å². The lowest BCUT2D eigenvalue weighted by atomic mass is 10.2. The smallest absolute Gasteiger partial charge is 0.332 e. The van der Waals surface area contributed by atoms with E-state index in [1.54, 1.807) is 6.07 Å². The van der Waals surface area contributed by atoms with E-state index in [9.17, 15) is 4.79 Å². The zero-order valence-corrected chi connectivity index (χ0v) is 13.0. The lowest BCUT2D eigenvalue weighted by Crippen LogP contribution is -2.24. The number of urea groups is 1. The summed E-state index contributed by atoms with van der Waals surface area (Å²) >= 11 is 12.3. The Morgan fingerprint density at radius 1 is 1.38 bits per heavy atom. The number of primary amides is 1. The van der Waals surface area contributed by atoms with Gasteiger partial charge in [-0.25, -0.2) is 10.2 Å². The molecule has 0 bridgehead atoms. The Labute approximate surface area is 132 Å². The number of hydrogen-bond acceptors (Lipinski definition) is 2. The van der Waals surface area contributed by atoms with E-state index in [0.717, 1.165) is 22.6 Å². The average Bonchev–Trinajstić information content (AvgIpc) is 2.68. The minimum Gasteiger partial charge on any atom is -0.350 e.